The molecule has 0 aromatic rings. The summed E-state index contributed by atoms with van der Waals surface area (Å²) in [7, 11) is 0. The van der Waals surface area contributed by atoms with E-state index in [0.29, 0.717) is 12.0 Å². The van der Waals surface area contributed by atoms with Crippen molar-refractivity contribution in [3.8, 4) is 12.3 Å². The van der Waals surface area contributed by atoms with Crippen molar-refractivity contribution in [2.75, 3.05) is 0 Å². The third-order valence-corrected chi connectivity index (χ3v) is 8.56. The molecule has 1 N–H and O–H groups in total. The molecule has 0 saturated heterocycles. The van der Waals surface area contributed by atoms with E-state index in [1.165, 1.54) is 57.1 Å². The Bertz CT molecular complexity index is 582. The van der Waals surface area contributed by atoms with Gasteiger partial charge in [0.25, 0.3) is 0 Å². The first kappa shape index (κ1) is 26.4. The first-order chi connectivity index (χ1) is 14.8. The predicted molar refractivity (Wildman–Crippen MR) is 138 cm³/mol. The van der Waals surface area contributed by atoms with Gasteiger partial charge in [0.05, 0.1) is 0 Å². The van der Waals surface area contributed by atoms with Crippen LogP contribution in [0, 0.1) is 59.7 Å². The Labute approximate surface area is 195 Å². The van der Waals surface area contributed by atoms with E-state index in [2.05, 4.69) is 65.8 Å². The van der Waals surface area contributed by atoms with E-state index in [1.807, 2.05) is 0 Å². The topological polar surface area (TPSA) is 12.0 Å². The van der Waals surface area contributed by atoms with Crippen LogP contribution in [0.1, 0.15) is 113 Å². The highest BCUT2D eigenvalue weighted by Gasteiger charge is 2.48. The SMILES string of the molecule is C#CC(C)CCC/C=C(\C)NC(C)C1CC(CC(CCC)C2CC2CCC)C1C(C)C. The fourth-order valence-corrected chi connectivity index (χ4v) is 6.82. The third-order valence-electron chi connectivity index (χ3n) is 8.56. The lowest BCUT2D eigenvalue weighted by Gasteiger charge is -2.51. The van der Waals surface area contributed by atoms with Crippen molar-refractivity contribution in [1.82, 2.24) is 5.32 Å². The van der Waals surface area contributed by atoms with Crippen molar-refractivity contribution >= 4 is 0 Å². The van der Waals surface area contributed by atoms with Gasteiger partial charge < -0.3 is 5.32 Å². The Morgan fingerprint density at radius 3 is 2.35 bits per heavy atom. The molecule has 0 spiro atoms. The summed E-state index contributed by atoms with van der Waals surface area (Å²) in [6.45, 7) is 16.5. The highest BCUT2D eigenvalue weighted by Crippen LogP contribution is 2.55. The summed E-state index contributed by atoms with van der Waals surface area (Å²) in [5.41, 5.74) is 1.36. The number of nitrogens with one attached hydrogen (secondary N) is 1. The molecule has 0 aliphatic heterocycles. The number of allylic oxidation sites excluding steroid dienone is 2. The van der Waals surface area contributed by atoms with E-state index < -0.39 is 0 Å². The van der Waals surface area contributed by atoms with Crippen LogP contribution < -0.4 is 5.32 Å². The number of terminal acetylenes is 1. The van der Waals surface area contributed by atoms with Crippen molar-refractivity contribution in [2.45, 2.75) is 119 Å². The number of hydrogen-bond donors (Lipinski definition) is 1. The van der Waals surface area contributed by atoms with Crippen molar-refractivity contribution in [3.05, 3.63) is 11.8 Å². The zero-order chi connectivity index (χ0) is 23.0. The molecule has 8 atom stereocenters. The number of rotatable bonds is 15. The molecule has 2 fully saturated rings. The van der Waals surface area contributed by atoms with Crippen LogP contribution in [0.25, 0.3) is 0 Å². The fourth-order valence-electron chi connectivity index (χ4n) is 6.82. The number of unbranched alkanes of at least 4 members (excludes halogenated alkanes) is 1. The van der Waals surface area contributed by atoms with Crippen LogP contribution in [0.4, 0.5) is 0 Å². The highest BCUT2D eigenvalue weighted by atomic mass is 14.9. The fraction of sp³-hybridized carbons (Fsp3) is 0.867. The highest BCUT2D eigenvalue weighted by molar-refractivity contribution is 5.03. The molecule has 0 aromatic carbocycles. The van der Waals surface area contributed by atoms with Gasteiger partial charge in [-0.25, -0.2) is 0 Å². The van der Waals surface area contributed by atoms with E-state index in [9.17, 15) is 0 Å². The monoisotopic (exact) mass is 427 g/mol. The quantitative estimate of drug-likeness (QED) is 0.204. The normalized spacial score (nSPS) is 30.9. The van der Waals surface area contributed by atoms with Crippen molar-refractivity contribution < 1.29 is 0 Å². The van der Waals surface area contributed by atoms with Gasteiger partial charge in [0.15, 0.2) is 0 Å². The van der Waals surface area contributed by atoms with Gasteiger partial charge in [0.1, 0.15) is 0 Å². The van der Waals surface area contributed by atoms with Crippen LogP contribution in [0.15, 0.2) is 11.8 Å². The summed E-state index contributed by atoms with van der Waals surface area (Å²) in [5.74, 6) is 9.87. The molecular weight excluding hydrogens is 374 g/mol. The Hall–Kier alpha value is -0.900. The Balaban J connectivity index is 1.84. The van der Waals surface area contributed by atoms with Gasteiger partial charge in [-0.15, -0.1) is 12.3 Å². The molecule has 31 heavy (non-hydrogen) atoms. The van der Waals surface area contributed by atoms with Gasteiger partial charge >= 0.3 is 0 Å². The van der Waals surface area contributed by atoms with E-state index in [1.54, 1.807) is 0 Å². The van der Waals surface area contributed by atoms with Gasteiger partial charge in [-0.05, 0) is 93.8 Å². The summed E-state index contributed by atoms with van der Waals surface area (Å²) in [6.07, 6.45) is 21.5. The molecule has 0 amide bonds. The third kappa shape index (κ3) is 7.87. The second-order valence-electron chi connectivity index (χ2n) is 11.5. The van der Waals surface area contributed by atoms with Gasteiger partial charge in [-0.3, -0.25) is 0 Å². The van der Waals surface area contributed by atoms with Gasteiger partial charge in [-0.2, -0.15) is 0 Å². The molecule has 2 saturated carbocycles. The molecule has 1 heteroatoms. The van der Waals surface area contributed by atoms with E-state index in [4.69, 9.17) is 6.42 Å². The van der Waals surface area contributed by atoms with Crippen LogP contribution in [0.3, 0.4) is 0 Å². The average molecular weight is 428 g/mol. The zero-order valence-corrected chi connectivity index (χ0v) is 21.9. The molecular formula is C30H53N. The minimum absolute atomic E-state index is 0.406. The molecule has 0 heterocycles. The molecule has 0 radical (unpaired) electrons. The van der Waals surface area contributed by atoms with Crippen LogP contribution in [0.2, 0.25) is 0 Å². The number of hydrogen-bond acceptors (Lipinski definition) is 1. The van der Waals surface area contributed by atoms with Crippen LogP contribution in [-0.4, -0.2) is 6.04 Å². The van der Waals surface area contributed by atoms with E-state index in [0.717, 1.165) is 54.3 Å². The van der Waals surface area contributed by atoms with Gasteiger partial charge in [0.2, 0.25) is 0 Å². The lowest BCUT2D eigenvalue weighted by atomic mass is 9.55. The molecule has 1 nitrogen and oxygen atoms in total. The minimum atomic E-state index is 0.406. The minimum Gasteiger partial charge on any atom is -0.386 e. The first-order valence-electron chi connectivity index (χ1n) is 13.7. The Morgan fingerprint density at radius 1 is 1.03 bits per heavy atom. The summed E-state index contributed by atoms with van der Waals surface area (Å²) >= 11 is 0. The molecule has 0 bridgehead atoms. The zero-order valence-electron chi connectivity index (χ0n) is 21.9. The van der Waals surface area contributed by atoms with Crippen molar-refractivity contribution in [1.29, 1.82) is 0 Å². The lowest BCUT2D eigenvalue weighted by Crippen LogP contribution is -2.50. The van der Waals surface area contributed by atoms with Gasteiger partial charge in [-0.1, -0.05) is 66.4 Å². The van der Waals surface area contributed by atoms with Crippen molar-refractivity contribution in [2.24, 2.45) is 47.3 Å². The van der Waals surface area contributed by atoms with E-state index in [-0.39, 0.29) is 0 Å². The van der Waals surface area contributed by atoms with Crippen LogP contribution in [0.5, 0.6) is 0 Å². The molecule has 2 aliphatic carbocycles. The van der Waals surface area contributed by atoms with Crippen LogP contribution in [-0.2, 0) is 0 Å². The molecule has 0 aromatic heterocycles. The van der Waals surface area contributed by atoms with Crippen LogP contribution >= 0.6 is 0 Å². The van der Waals surface area contributed by atoms with Gasteiger partial charge in [0, 0.05) is 17.7 Å². The van der Waals surface area contributed by atoms with Crippen molar-refractivity contribution in [3.63, 3.8) is 0 Å². The Morgan fingerprint density at radius 2 is 1.74 bits per heavy atom. The lowest BCUT2D eigenvalue weighted by molar-refractivity contribution is -0.00769. The Kier molecular flexibility index (Phi) is 11.0. The largest absolute Gasteiger partial charge is 0.386 e. The molecule has 8 unspecified atom stereocenters. The standard InChI is InChI=1S/C30H53N/c1-9-14-25(29-19-26(29)15-10-2)18-27-20-28(30(27)21(4)5)24(8)31-23(7)17-13-12-16-22(6)11-3/h3,17,21-22,24-31H,9-10,12-16,18-20H2,1-2,4-8H3/b23-17+. The maximum absolute atomic E-state index is 5.49. The molecule has 178 valence electrons. The maximum Gasteiger partial charge on any atom is 0.0260 e. The summed E-state index contributed by atoms with van der Waals surface area (Å²) in [4.78, 5) is 0. The second kappa shape index (κ2) is 13.0. The molecule has 2 aliphatic rings. The summed E-state index contributed by atoms with van der Waals surface area (Å²) < 4.78 is 0. The predicted octanol–water partition coefficient (Wildman–Crippen LogP) is 8.46. The smallest absolute Gasteiger partial charge is 0.0260 e. The van der Waals surface area contributed by atoms with E-state index >= 15 is 0 Å². The molecule has 2 rings (SSSR count). The summed E-state index contributed by atoms with van der Waals surface area (Å²) in [6, 6.07) is 0.586. The second-order valence-corrected chi connectivity index (χ2v) is 11.5. The first-order valence-corrected chi connectivity index (χ1v) is 13.7. The maximum atomic E-state index is 5.49. The average Bonchev–Trinajstić information content (AvgIpc) is 3.45. The summed E-state index contributed by atoms with van der Waals surface area (Å²) in [5, 5.41) is 3.85.